The van der Waals surface area contributed by atoms with Gasteiger partial charge >= 0.3 is 19.8 Å². The standard InChI is InChI=1S/C35H68NO8P/c1-6-8-10-12-14-16-17-18-19-20-22-24-26-28-35(38)44-33(32-43-45(39,40)42-30-29-36(3,4)5)31-41-34(37)27-25-23-21-15-13-11-9-7-2/h7,33H,2,6,8-32H2,1,3-5H3/p+1. The summed E-state index contributed by atoms with van der Waals surface area (Å²) in [5, 5.41) is 0. The summed E-state index contributed by atoms with van der Waals surface area (Å²) in [5.74, 6) is -0.816. The molecule has 0 spiro atoms. The maximum Gasteiger partial charge on any atom is 0.472 e. The summed E-state index contributed by atoms with van der Waals surface area (Å²) >= 11 is 0. The molecule has 2 atom stereocenters. The van der Waals surface area contributed by atoms with Crippen LogP contribution in [0, 0.1) is 0 Å². The van der Waals surface area contributed by atoms with Crippen LogP contribution in [0.5, 0.6) is 0 Å². The van der Waals surface area contributed by atoms with E-state index in [9.17, 15) is 19.0 Å². The first-order chi connectivity index (χ1) is 21.5. The second-order valence-corrected chi connectivity index (χ2v) is 14.8. The van der Waals surface area contributed by atoms with E-state index >= 15 is 0 Å². The molecule has 0 fully saturated rings. The minimum Gasteiger partial charge on any atom is -0.462 e. The van der Waals surface area contributed by atoms with Gasteiger partial charge in [-0.3, -0.25) is 18.6 Å². The number of hydrogen-bond donors (Lipinski definition) is 1. The Morgan fingerprint density at radius 1 is 0.711 bits per heavy atom. The fraction of sp³-hybridized carbons (Fsp3) is 0.886. The van der Waals surface area contributed by atoms with E-state index in [4.69, 9.17) is 18.5 Å². The van der Waals surface area contributed by atoms with Gasteiger partial charge in [0.15, 0.2) is 6.10 Å². The molecule has 0 aromatic rings. The molecule has 0 aromatic heterocycles. The van der Waals surface area contributed by atoms with Crippen molar-refractivity contribution in [2.75, 3.05) is 47.5 Å². The molecule has 45 heavy (non-hydrogen) atoms. The molecule has 0 saturated heterocycles. The van der Waals surface area contributed by atoms with Gasteiger partial charge < -0.3 is 18.9 Å². The fourth-order valence-electron chi connectivity index (χ4n) is 4.82. The maximum absolute atomic E-state index is 12.6. The number of ether oxygens (including phenoxy) is 2. The minimum absolute atomic E-state index is 0.0318. The largest absolute Gasteiger partial charge is 0.472 e. The number of unbranched alkanes of at least 4 members (excludes halogenated alkanes) is 18. The summed E-state index contributed by atoms with van der Waals surface area (Å²) in [6.45, 7) is 5.89. The van der Waals surface area contributed by atoms with Crippen molar-refractivity contribution in [3.8, 4) is 0 Å². The highest BCUT2D eigenvalue weighted by molar-refractivity contribution is 7.47. The fourth-order valence-corrected chi connectivity index (χ4v) is 5.56. The van der Waals surface area contributed by atoms with Crippen LogP contribution in [-0.2, 0) is 32.7 Å². The number of carbonyl (C=O) groups is 2. The number of rotatable bonds is 33. The first-order valence-electron chi connectivity index (χ1n) is 17.9. The number of nitrogens with zero attached hydrogens (tertiary/aromatic N) is 1. The van der Waals surface area contributed by atoms with Crippen molar-refractivity contribution < 1.29 is 42.1 Å². The van der Waals surface area contributed by atoms with Crippen molar-refractivity contribution in [3.63, 3.8) is 0 Å². The Morgan fingerprint density at radius 3 is 1.67 bits per heavy atom. The lowest BCUT2D eigenvalue weighted by Gasteiger charge is -2.24. The Bertz CT molecular complexity index is 786. The van der Waals surface area contributed by atoms with Gasteiger partial charge in [-0.15, -0.1) is 6.58 Å². The molecule has 0 aliphatic heterocycles. The normalized spacial score (nSPS) is 13.7. The first kappa shape index (κ1) is 43.8. The molecular formula is C35H69NO8P+. The summed E-state index contributed by atoms with van der Waals surface area (Å²) in [6, 6.07) is 0. The van der Waals surface area contributed by atoms with E-state index in [-0.39, 0.29) is 32.0 Å². The Kier molecular flexibility index (Phi) is 28.1. The van der Waals surface area contributed by atoms with Gasteiger partial charge in [0, 0.05) is 12.8 Å². The highest BCUT2D eigenvalue weighted by Crippen LogP contribution is 2.43. The zero-order chi connectivity index (χ0) is 33.7. The molecule has 9 nitrogen and oxygen atoms in total. The van der Waals surface area contributed by atoms with Crippen molar-refractivity contribution in [2.45, 2.75) is 154 Å². The van der Waals surface area contributed by atoms with Crippen LogP contribution in [0.15, 0.2) is 12.7 Å². The predicted octanol–water partition coefficient (Wildman–Crippen LogP) is 9.07. The van der Waals surface area contributed by atoms with E-state index < -0.39 is 26.5 Å². The smallest absolute Gasteiger partial charge is 0.462 e. The molecule has 0 heterocycles. The van der Waals surface area contributed by atoms with Gasteiger partial charge in [0.2, 0.25) is 0 Å². The molecule has 0 amide bonds. The third kappa shape index (κ3) is 32.5. The van der Waals surface area contributed by atoms with Gasteiger partial charge in [-0.25, -0.2) is 4.57 Å². The average Bonchev–Trinajstić information content (AvgIpc) is 2.97. The number of esters is 2. The molecule has 0 saturated carbocycles. The van der Waals surface area contributed by atoms with Gasteiger partial charge in [0.1, 0.15) is 19.8 Å². The van der Waals surface area contributed by atoms with Crippen molar-refractivity contribution in [3.05, 3.63) is 12.7 Å². The topological polar surface area (TPSA) is 108 Å². The molecular weight excluding hydrogens is 593 g/mol. The summed E-state index contributed by atoms with van der Waals surface area (Å²) < 4.78 is 34.0. The number of quaternary nitrogens is 1. The monoisotopic (exact) mass is 662 g/mol. The van der Waals surface area contributed by atoms with Gasteiger partial charge in [0.25, 0.3) is 0 Å². The second kappa shape index (κ2) is 28.9. The van der Waals surface area contributed by atoms with Crippen LogP contribution in [0.3, 0.4) is 0 Å². The van der Waals surface area contributed by atoms with E-state index in [0.29, 0.717) is 17.4 Å². The Balaban J connectivity index is 4.43. The molecule has 1 N–H and O–H groups in total. The number of phosphoric acid groups is 1. The van der Waals surface area contributed by atoms with E-state index in [1.54, 1.807) is 0 Å². The number of hydrogen-bond acceptors (Lipinski definition) is 7. The third-order valence-electron chi connectivity index (χ3n) is 7.69. The molecule has 0 bridgehead atoms. The minimum atomic E-state index is -4.36. The van der Waals surface area contributed by atoms with Crippen LogP contribution in [0.2, 0.25) is 0 Å². The number of phosphoric ester groups is 1. The van der Waals surface area contributed by atoms with Crippen molar-refractivity contribution in [1.82, 2.24) is 0 Å². The van der Waals surface area contributed by atoms with Crippen LogP contribution >= 0.6 is 7.82 Å². The average molecular weight is 663 g/mol. The van der Waals surface area contributed by atoms with Gasteiger partial charge in [-0.1, -0.05) is 116 Å². The molecule has 2 unspecified atom stereocenters. The maximum atomic E-state index is 12.6. The molecule has 10 heteroatoms. The Hall–Kier alpha value is -1.25. The molecule has 0 aromatic carbocycles. The lowest BCUT2D eigenvalue weighted by molar-refractivity contribution is -0.870. The summed E-state index contributed by atoms with van der Waals surface area (Å²) in [7, 11) is 1.47. The van der Waals surface area contributed by atoms with Crippen LogP contribution in [0.25, 0.3) is 0 Å². The van der Waals surface area contributed by atoms with E-state index in [1.165, 1.54) is 64.2 Å². The van der Waals surface area contributed by atoms with Gasteiger partial charge in [-0.2, -0.15) is 0 Å². The molecule has 0 radical (unpaired) electrons. The zero-order valence-electron chi connectivity index (χ0n) is 29.4. The van der Waals surface area contributed by atoms with E-state index in [2.05, 4.69) is 13.5 Å². The Morgan fingerprint density at radius 2 is 1.18 bits per heavy atom. The van der Waals surface area contributed by atoms with E-state index in [0.717, 1.165) is 57.8 Å². The lowest BCUT2D eigenvalue weighted by atomic mass is 10.0. The van der Waals surface area contributed by atoms with Crippen LogP contribution in [0.4, 0.5) is 0 Å². The quantitative estimate of drug-likeness (QED) is 0.0244. The number of likely N-dealkylation sites (N-methyl/N-ethyl adjacent to an activating group) is 1. The number of carbonyl (C=O) groups excluding carboxylic acids is 2. The summed E-state index contributed by atoms with van der Waals surface area (Å²) in [5.41, 5.74) is 0. The number of allylic oxidation sites excluding steroid dienone is 1. The van der Waals surface area contributed by atoms with E-state index in [1.807, 2.05) is 27.2 Å². The van der Waals surface area contributed by atoms with Crippen LogP contribution < -0.4 is 0 Å². The molecule has 0 aliphatic carbocycles. The SMILES string of the molecule is C=CCCCCCCCCC(=O)OCC(COP(=O)(O)OCC[N+](C)(C)C)OC(=O)CCCCCCCCCCCCCCC. The Labute approximate surface area is 276 Å². The zero-order valence-corrected chi connectivity index (χ0v) is 30.3. The van der Waals surface area contributed by atoms with Gasteiger partial charge in [-0.05, 0) is 25.7 Å². The predicted molar refractivity (Wildman–Crippen MR) is 183 cm³/mol. The lowest BCUT2D eigenvalue weighted by Crippen LogP contribution is -2.37. The first-order valence-corrected chi connectivity index (χ1v) is 19.4. The third-order valence-corrected chi connectivity index (χ3v) is 8.68. The summed E-state index contributed by atoms with van der Waals surface area (Å²) in [6.07, 6.45) is 24.5. The van der Waals surface area contributed by atoms with Crippen molar-refractivity contribution in [2.24, 2.45) is 0 Å². The molecule has 0 aliphatic rings. The van der Waals surface area contributed by atoms with Crippen LogP contribution in [0.1, 0.15) is 148 Å². The highest BCUT2D eigenvalue weighted by Gasteiger charge is 2.27. The van der Waals surface area contributed by atoms with Gasteiger partial charge in [0.05, 0.1) is 27.7 Å². The van der Waals surface area contributed by atoms with Crippen LogP contribution in [-0.4, -0.2) is 74.9 Å². The van der Waals surface area contributed by atoms with Crippen molar-refractivity contribution in [1.29, 1.82) is 0 Å². The molecule has 266 valence electrons. The highest BCUT2D eigenvalue weighted by atomic mass is 31.2. The second-order valence-electron chi connectivity index (χ2n) is 13.3. The summed E-state index contributed by atoms with van der Waals surface area (Å²) in [4.78, 5) is 35.0. The molecule has 0 rings (SSSR count). The van der Waals surface area contributed by atoms with Crippen molar-refractivity contribution >= 4 is 19.8 Å².